The van der Waals surface area contributed by atoms with E-state index >= 15 is 0 Å². The van der Waals surface area contributed by atoms with Gasteiger partial charge in [0.05, 0.1) is 6.10 Å². The number of hydrogen-bond acceptors (Lipinski definition) is 5. The number of nitrogens with one attached hydrogen (secondary N) is 1. The maximum absolute atomic E-state index is 10.1. The molecule has 0 aromatic carbocycles. The normalized spacial score (nSPS) is 28.8. The molecule has 110 valence electrons. The molecule has 5 nitrogen and oxygen atoms in total. The third kappa shape index (κ3) is 2.14. The second-order valence-electron chi connectivity index (χ2n) is 6.01. The molecule has 3 atom stereocenters. The van der Waals surface area contributed by atoms with Crippen molar-refractivity contribution >= 4 is 11.6 Å². The van der Waals surface area contributed by atoms with Gasteiger partial charge < -0.3 is 15.3 Å². The first-order valence-corrected chi connectivity index (χ1v) is 7.62. The van der Waals surface area contributed by atoms with E-state index in [9.17, 15) is 5.11 Å². The molecule has 0 spiro atoms. The Kier molecular flexibility index (Phi) is 3.54. The van der Waals surface area contributed by atoms with Crippen molar-refractivity contribution in [1.29, 1.82) is 0 Å². The van der Waals surface area contributed by atoms with Crippen molar-refractivity contribution in [2.75, 3.05) is 30.4 Å². The molecule has 1 aliphatic heterocycles. The van der Waals surface area contributed by atoms with Crippen molar-refractivity contribution in [3.05, 3.63) is 11.4 Å². The first-order valence-electron chi connectivity index (χ1n) is 7.62. The Balaban J connectivity index is 1.91. The molecule has 5 heteroatoms. The number of aromatic nitrogens is 2. The van der Waals surface area contributed by atoms with E-state index in [-0.39, 0.29) is 6.10 Å². The van der Waals surface area contributed by atoms with Gasteiger partial charge in [0.15, 0.2) is 0 Å². The van der Waals surface area contributed by atoms with Crippen LogP contribution in [0.25, 0.3) is 0 Å². The molecule has 2 heterocycles. The van der Waals surface area contributed by atoms with Crippen LogP contribution in [-0.4, -0.2) is 41.3 Å². The number of aliphatic hydroxyl groups is 1. The number of hydrogen-bond donors (Lipinski definition) is 2. The standard InChI is InChI=1S/C15H24N4O/c1-4-13-17-14(16-3)9(2)15(18-13)19-7-10-5-6-12(20)11(10)8-19/h10-12,20H,4-8H2,1-3H3,(H,16,17,18). The molecule has 2 N–H and O–H groups in total. The van der Waals surface area contributed by atoms with Crippen LogP contribution in [0.1, 0.15) is 31.2 Å². The SMILES string of the molecule is CCc1nc(NC)c(C)c(N2CC3CCC(O)C3C2)n1. The number of aryl methyl sites for hydroxylation is 1. The lowest BCUT2D eigenvalue weighted by Crippen LogP contribution is -2.26. The van der Waals surface area contributed by atoms with Crippen molar-refractivity contribution in [1.82, 2.24) is 9.97 Å². The van der Waals surface area contributed by atoms with E-state index in [1.54, 1.807) is 0 Å². The first kappa shape index (κ1) is 13.6. The molecule has 0 bridgehead atoms. The van der Waals surface area contributed by atoms with Gasteiger partial charge in [-0.25, -0.2) is 9.97 Å². The number of fused-ring (bicyclic) bond motifs is 1. The third-order valence-electron chi connectivity index (χ3n) is 4.84. The van der Waals surface area contributed by atoms with Crippen molar-refractivity contribution in [2.24, 2.45) is 11.8 Å². The molecular formula is C15H24N4O. The molecule has 2 fully saturated rings. The fourth-order valence-corrected chi connectivity index (χ4v) is 3.67. The first-order chi connectivity index (χ1) is 9.63. The van der Waals surface area contributed by atoms with Crippen molar-refractivity contribution < 1.29 is 5.11 Å². The highest BCUT2D eigenvalue weighted by Crippen LogP contribution is 2.40. The Labute approximate surface area is 120 Å². The van der Waals surface area contributed by atoms with Crippen LogP contribution in [-0.2, 0) is 6.42 Å². The van der Waals surface area contributed by atoms with Crippen LogP contribution >= 0.6 is 0 Å². The average molecular weight is 276 g/mol. The minimum Gasteiger partial charge on any atom is -0.393 e. The Morgan fingerprint density at radius 1 is 1.30 bits per heavy atom. The maximum atomic E-state index is 10.1. The Morgan fingerprint density at radius 3 is 2.75 bits per heavy atom. The molecular weight excluding hydrogens is 252 g/mol. The van der Waals surface area contributed by atoms with Crippen LogP contribution in [0.3, 0.4) is 0 Å². The van der Waals surface area contributed by atoms with Crippen molar-refractivity contribution in [3.63, 3.8) is 0 Å². The van der Waals surface area contributed by atoms with E-state index in [0.29, 0.717) is 11.8 Å². The maximum Gasteiger partial charge on any atom is 0.137 e. The van der Waals surface area contributed by atoms with Gasteiger partial charge in [-0.05, 0) is 25.7 Å². The largest absolute Gasteiger partial charge is 0.393 e. The van der Waals surface area contributed by atoms with Gasteiger partial charge in [0.1, 0.15) is 17.5 Å². The summed E-state index contributed by atoms with van der Waals surface area (Å²) in [6.07, 6.45) is 2.83. The van der Waals surface area contributed by atoms with Gasteiger partial charge in [-0.15, -0.1) is 0 Å². The minimum atomic E-state index is -0.124. The summed E-state index contributed by atoms with van der Waals surface area (Å²) < 4.78 is 0. The number of anilines is 2. The summed E-state index contributed by atoms with van der Waals surface area (Å²) in [6.45, 7) is 6.10. The van der Waals surface area contributed by atoms with Crippen molar-refractivity contribution in [3.8, 4) is 0 Å². The summed E-state index contributed by atoms with van der Waals surface area (Å²) in [6, 6.07) is 0. The van der Waals surface area contributed by atoms with Gasteiger partial charge in [0.2, 0.25) is 0 Å². The van der Waals surface area contributed by atoms with Crippen LogP contribution < -0.4 is 10.2 Å². The number of nitrogens with zero attached hydrogens (tertiary/aromatic N) is 3. The highest BCUT2D eigenvalue weighted by Gasteiger charge is 2.42. The zero-order valence-electron chi connectivity index (χ0n) is 12.6. The van der Waals surface area contributed by atoms with Crippen molar-refractivity contribution in [2.45, 2.75) is 39.2 Å². The third-order valence-corrected chi connectivity index (χ3v) is 4.84. The zero-order valence-corrected chi connectivity index (χ0v) is 12.6. The Hall–Kier alpha value is -1.36. The van der Waals surface area contributed by atoms with E-state index < -0.39 is 0 Å². The summed E-state index contributed by atoms with van der Waals surface area (Å²) in [5.41, 5.74) is 1.11. The summed E-state index contributed by atoms with van der Waals surface area (Å²) in [4.78, 5) is 11.6. The van der Waals surface area contributed by atoms with Gasteiger partial charge in [0, 0.05) is 38.0 Å². The molecule has 1 aromatic heterocycles. The molecule has 20 heavy (non-hydrogen) atoms. The second kappa shape index (κ2) is 5.20. The number of rotatable bonds is 3. The highest BCUT2D eigenvalue weighted by molar-refractivity contribution is 5.59. The Morgan fingerprint density at radius 2 is 2.10 bits per heavy atom. The topological polar surface area (TPSA) is 61.3 Å². The molecule has 1 aromatic rings. The minimum absolute atomic E-state index is 0.124. The molecule has 2 aliphatic rings. The Bertz CT molecular complexity index is 505. The fourth-order valence-electron chi connectivity index (χ4n) is 3.67. The molecule has 1 aliphatic carbocycles. The molecule has 0 amide bonds. The highest BCUT2D eigenvalue weighted by atomic mass is 16.3. The average Bonchev–Trinajstić information content (AvgIpc) is 3.02. The van der Waals surface area contributed by atoms with E-state index in [1.807, 2.05) is 7.05 Å². The van der Waals surface area contributed by atoms with Crippen LogP contribution in [0.15, 0.2) is 0 Å². The summed E-state index contributed by atoms with van der Waals surface area (Å²) in [5, 5.41) is 13.2. The van der Waals surface area contributed by atoms with E-state index in [4.69, 9.17) is 4.98 Å². The predicted molar refractivity (Wildman–Crippen MR) is 80.1 cm³/mol. The van der Waals surface area contributed by atoms with Crippen LogP contribution in [0.5, 0.6) is 0 Å². The lowest BCUT2D eigenvalue weighted by Gasteiger charge is -2.23. The second-order valence-corrected chi connectivity index (χ2v) is 6.01. The van der Waals surface area contributed by atoms with E-state index in [2.05, 4.69) is 29.0 Å². The van der Waals surface area contributed by atoms with Crippen LogP contribution in [0.4, 0.5) is 11.6 Å². The predicted octanol–water partition coefficient (Wildman–Crippen LogP) is 1.60. The smallest absolute Gasteiger partial charge is 0.137 e. The quantitative estimate of drug-likeness (QED) is 0.878. The van der Waals surface area contributed by atoms with Gasteiger partial charge >= 0.3 is 0 Å². The molecule has 1 saturated heterocycles. The van der Waals surface area contributed by atoms with Crippen LogP contribution in [0, 0.1) is 18.8 Å². The lowest BCUT2D eigenvalue weighted by atomic mass is 10.00. The van der Waals surface area contributed by atoms with Crippen LogP contribution in [0.2, 0.25) is 0 Å². The van der Waals surface area contributed by atoms with E-state index in [1.165, 1.54) is 0 Å². The molecule has 0 radical (unpaired) electrons. The van der Waals surface area contributed by atoms with Gasteiger partial charge in [-0.3, -0.25) is 0 Å². The van der Waals surface area contributed by atoms with Gasteiger partial charge in [0.25, 0.3) is 0 Å². The summed E-state index contributed by atoms with van der Waals surface area (Å²) in [7, 11) is 1.90. The monoisotopic (exact) mass is 276 g/mol. The molecule has 3 rings (SSSR count). The summed E-state index contributed by atoms with van der Waals surface area (Å²) in [5.74, 6) is 3.90. The molecule has 3 unspecified atom stereocenters. The van der Waals surface area contributed by atoms with Gasteiger partial charge in [-0.1, -0.05) is 6.92 Å². The van der Waals surface area contributed by atoms with E-state index in [0.717, 1.165) is 55.4 Å². The fraction of sp³-hybridized carbons (Fsp3) is 0.733. The zero-order chi connectivity index (χ0) is 14.3. The summed E-state index contributed by atoms with van der Waals surface area (Å²) >= 11 is 0. The molecule has 1 saturated carbocycles. The van der Waals surface area contributed by atoms with Gasteiger partial charge in [-0.2, -0.15) is 0 Å². The number of aliphatic hydroxyl groups excluding tert-OH is 1. The lowest BCUT2D eigenvalue weighted by molar-refractivity contribution is 0.133.